The van der Waals surface area contributed by atoms with Crippen molar-refractivity contribution in [2.75, 3.05) is 11.9 Å². The Kier molecular flexibility index (Phi) is 7.15. The van der Waals surface area contributed by atoms with Crippen molar-refractivity contribution in [1.29, 1.82) is 0 Å². The zero-order chi connectivity index (χ0) is 24.9. The Bertz CT molecular complexity index is 1190. The van der Waals surface area contributed by atoms with Gasteiger partial charge in [-0.15, -0.1) is 0 Å². The third-order valence-electron chi connectivity index (χ3n) is 6.51. The number of benzene rings is 3. The fourth-order valence-corrected chi connectivity index (χ4v) is 4.39. The van der Waals surface area contributed by atoms with Crippen LogP contribution in [-0.4, -0.2) is 35.7 Å². The fourth-order valence-electron chi connectivity index (χ4n) is 4.39. The van der Waals surface area contributed by atoms with E-state index in [0.717, 1.165) is 22.3 Å². The van der Waals surface area contributed by atoms with Crippen LogP contribution in [0.2, 0.25) is 0 Å². The van der Waals surface area contributed by atoms with Crippen molar-refractivity contribution in [2.45, 2.75) is 32.2 Å². The quantitative estimate of drug-likeness (QED) is 0.414. The van der Waals surface area contributed by atoms with Gasteiger partial charge in [-0.05, 0) is 52.4 Å². The first-order valence-electron chi connectivity index (χ1n) is 11.6. The maximum atomic E-state index is 13.0. The lowest BCUT2D eigenvalue weighted by molar-refractivity contribution is -0.119. The number of aromatic carboxylic acids is 1. The lowest BCUT2D eigenvalue weighted by Crippen LogP contribution is -2.48. The van der Waals surface area contributed by atoms with Gasteiger partial charge in [-0.3, -0.25) is 4.79 Å². The van der Waals surface area contributed by atoms with Gasteiger partial charge in [0.1, 0.15) is 12.6 Å². The lowest BCUT2D eigenvalue weighted by Gasteiger charge is -2.24. The first-order chi connectivity index (χ1) is 16.9. The second-order valence-corrected chi connectivity index (χ2v) is 8.70. The number of hydrogen-bond donors (Lipinski definition) is 3. The van der Waals surface area contributed by atoms with Gasteiger partial charge in [0.15, 0.2) is 0 Å². The van der Waals surface area contributed by atoms with E-state index in [4.69, 9.17) is 9.84 Å². The van der Waals surface area contributed by atoms with Crippen LogP contribution in [0.1, 0.15) is 47.7 Å². The molecular weight excluding hydrogens is 444 g/mol. The van der Waals surface area contributed by atoms with Gasteiger partial charge in [0.2, 0.25) is 5.91 Å². The summed E-state index contributed by atoms with van der Waals surface area (Å²) in [4.78, 5) is 36.7. The van der Waals surface area contributed by atoms with Crippen molar-refractivity contribution in [1.82, 2.24) is 5.32 Å². The normalized spacial score (nSPS) is 13.8. The van der Waals surface area contributed by atoms with E-state index in [1.165, 1.54) is 24.3 Å². The van der Waals surface area contributed by atoms with E-state index in [9.17, 15) is 14.4 Å². The van der Waals surface area contributed by atoms with E-state index in [0.29, 0.717) is 12.1 Å². The predicted molar refractivity (Wildman–Crippen MR) is 133 cm³/mol. The molecule has 3 N–H and O–H groups in total. The molecule has 1 aliphatic carbocycles. The Hall–Kier alpha value is -4.13. The van der Waals surface area contributed by atoms with Crippen molar-refractivity contribution in [3.8, 4) is 11.1 Å². The van der Waals surface area contributed by atoms with Crippen LogP contribution in [0.5, 0.6) is 0 Å². The summed E-state index contributed by atoms with van der Waals surface area (Å²) in [5.74, 6) is -1.65. The molecule has 180 valence electrons. The van der Waals surface area contributed by atoms with Crippen molar-refractivity contribution >= 4 is 23.7 Å². The van der Waals surface area contributed by atoms with E-state index in [1.807, 2.05) is 50.2 Å². The molecule has 0 radical (unpaired) electrons. The molecule has 0 heterocycles. The average molecular weight is 473 g/mol. The molecule has 2 amide bonds. The molecule has 0 bridgehead atoms. The molecule has 0 saturated carbocycles. The van der Waals surface area contributed by atoms with Crippen LogP contribution in [-0.2, 0) is 9.53 Å². The summed E-state index contributed by atoms with van der Waals surface area (Å²) >= 11 is 0. The van der Waals surface area contributed by atoms with Crippen LogP contribution in [0.4, 0.5) is 10.5 Å². The number of carbonyl (C=O) groups excluding carboxylic acids is 2. The Labute approximate surface area is 204 Å². The van der Waals surface area contributed by atoms with Gasteiger partial charge in [0.25, 0.3) is 0 Å². The van der Waals surface area contributed by atoms with Gasteiger partial charge in [-0.2, -0.15) is 0 Å². The molecule has 3 aromatic carbocycles. The highest BCUT2D eigenvalue weighted by atomic mass is 16.5. The minimum absolute atomic E-state index is 0.0724. The Morgan fingerprint density at radius 3 is 2.03 bits per heavy atom. The number of carboxylic acid groups (broad SMARTS) is 1. The van der Waals surface area contributed by atoms with E-state index in [1.54, 1.807) is 0 Å². The number of amides is 2. The van der Waals surface area contributed by atoms with E-state index < -0.39 is 24.0 Å². The highest BCUT2D eigenvalue weighted by Crippen LogP contribution is 2.44. The highest BCUT2D eigenvalue weighted by Gasteiger charge is 2.31. The SMILES string of the molecule is CCC(C)C(NC(=O)OCC1c2ccccc2-c2ccccc21)C(=O)Nc1ccc(C(=O)O)cc1. The zero-order valence-electron chi connectivity index (χ0n) is 19.7. The number of rotatable bonds is 8. The lowest BCUT2D eigenvalue weighted by atomic mass is 9.98. The van der Waals surface area contributed by atoms with Gasteiger partial charge in [-0.1, -0.05) is 68.8 Å². The molecule has 7 nitrogen and oxygen atoms in total. The standard InChI is InChI=1S/C28H28N2O5/c1-3-17(2)25(26(31)29-19-14-12-18(13-15-19)27(32)33)30-28(34)35-16-24-22-10-6-4-8-20(22)21-9-5-7-11-23(21)24/h4-15,17,24-25H,3,16H2,1-2H3,(H,29,31)(H,30,34)(H,32,33). The van der Waals surface area contributed by atoms with Gasteiger partial charge in [0, 0.05) is 11.6 Å². The number of carboxylic acids is 1. The van der Waals surface area contributed by atoms with Crippen LogP contribution in [0.3, 0.4) is 0 Å². The molecular formula is C28H28N2O5. The largest absolute Gasteiger partial charge is 0.478 e. The summed E-state index contributed by atoms with van der Waals surface area (Å²) in [6.45, 7) is 3.97. The summed E-state index contributed by atoms with van der Waals surface area (Å²) in [6.07, 6.45) is 0.00760. The molecule has 7 heteroatoms. The monoisotopic (exact) mass is 472 g/mol. The summed E-state index contributed by atoms with van der Waals surface area (Å²) in [5, 5.41) is 14.5. The third-order valence-corrected chi connectivity index (χ3v) is 6.51. The van der Waals surface area contributed by atoms with Gasteiger partial charge in [-0.25, -0.2) is 9.59 Å². The van der Waals surface area contributed by atoms with Crippen molar-refractivity contribution < 1.29 is 24.2 Å². The average Bonchev–Trinajstić information content (AvgIpc) is 3.19. The Balaban J connectivity index is 1.42. The van der Waals surface area contributed by atoms with Crippen molar-refractivity contribution in [3.63, 3.8) is 0 Å². The van der Waals surface area contributed by atoms with E-state index >= 15 is 0 Å². The molecule has 2 unspecified atom stereocenters. The second-order valence-electron chi connectivity index (χ2n) is 8.70. The van der Waals surface area contributed by atoms with E-state index in [2.05, 4.69) is 22.8 Å². The summed E-state index contributed by atoms with van der Waals surface area (Å²) in [6, 6.07) is 21.2. The maximum absolute atomic E-state index is 13.0. The maximum Gasteiger partial charge on any atom is 0.407 e. The van der Waals surface area contributed by atoms with E-state index in [-0.39, 0.29) is 24.0 Å². The number of nitrogens with one attached hydrogen (secondary N) is 2. The third kappa shape index (κ3) is 5.19. The summed E-state index contributed by atoms with van der Waals surface area (Å²) in [5.41, 5.74) is 5.08. The number of carbonyl (C=O) groups is 3. The predicted octanol–water partition coefficient (Wildman–Crippen LogP) is 5.28. The minimum atomic E-state index is -1.04. The summed E-state index contributed by atoms with van der Waals surface area (Å²) in [7, 11) is 0. The molecule has 3 aromatic rings. The number of fused-ring (bicyclic) bond motifs is 3. The smallest absolute Gasteiger partial charge is 0.407 e. The number of hydrogen-bond acceptors (Lipinski definition) is 4. The van der Waals surface area contributed by atoms with Crippen LogP contribution in [0, 0.1) is 5.92 Å². The molecule has 0 aliphatic heterocycles. The number of alkyl carbamates (subject to hydrolysis) is 1. The molecule has 0 spiro atoms. The molecule has 35 heavy (non-hydrogen) atoms. The molecule has 0 aromatic heterocycles. The number of ether oxygens (including phenoxy) is 1. The number of anilines is 1. The van der Waals surface area contributed by atoms with Gasteiger partial charge in [0.05, 0.1) is 5.56 Å². The van der Waals surface area contributed by atoms with Crippen LogP contribution in [0.25, 0.3) is 11.1 Å². The van der Waals surface area contributed by atoms with Crippen LogP contribution in [0.15, 0.2) is 72.8 Å². The topological polar surface area (TPSA) is 105 Å². The molecule has 2 atom stereocenters. The zero-order valence-corrected chi connectivity index (χ0v) is 19.7. The van der Waals surface area contributed by atoms with Gasteiger partial charge < -0.3 is 20.5 Å². The summed E-state index contributed by atoms with van der Waals surface area (Å²) < 4.78 is 5.61. The van der Waals surface area contributed by atoms with Gasteiger partial charge >= 0.3 is 12.1 Å². The highest BCUT2D eigenvalue weighted by molar-refractivity contribution is 5.97. The van der Waals surface area contributed by atoms with Crippen molar-refractivity contribution in [3.05, 3.63) is 89.5 Å². The first-order valence-corrected chi connectivity index (χ1v) is 11.6. The molecule has 4 rings (SSSR count). The molecule has 0 fully saturated rings. The first kappa shape index (κ1) is 24.0. The Morgan fingerprint density at radius 2 is 1.49 bits per heavy atom. The minimum Gasteiger partial charge on any atom is -0.478 e. The van der Waals surface area contributed by atoms with Crippen LogP contribution < -0.4 is 10.6 Å². The fraction of sp³-hybridized carbons (Fsp3) is 0.250. The molecule has 0 saturated heterocycles. The van der Waals surface area contributed by atoms with Crippen molar-refractivity contribution in [2.24, 2.45) is 5.92 Å². The Morgan fingerprint density at radius 1 is 0.914 bits per heavy atom. The molecule has 1 aliphatic rings. The second kappa shape index (κ2) is 10.4. The van der Waals surface area contributed by atoms with Crippen LogP contribution >= 0.6 is 0 Å².